The van der Waals surface area contributed by atoms with Gasteiger partial charge in [-0.05, 0) is 36.6 Å². The highest BCUT2D eigenvalue weighted by atomic mass is 16.4. The first-order chi connectivity index (χ1) is 12.7. The maximum atomic E-state index is 12.4. The van der Waals surface area contributed by atoms with E-state index in [1.807, 2.05) is 17.0 Å². The largest absolute Gasteiger partial charge is 0.423 e. The Morgan fingerprint density at radius 1 is 1.23 bits per heavy atom. The van der Waals surface area contributed by atoms with Gasteiger partial charge in [0.1, 0.15) is 6.07 Å². The van der Waals surface area contributed by atoms with Crippen LogP contribution in [0.4, 0.5) is 5.88 Å². The molecule has 0 N–H and O–H groups in total. The number of anilines is 1. The van der Waals surface area contributed by atoms with Crippen LogP contribution >= 0.6 is 0 Å². The van der Waals surface area contributed by atoms with Crippen molar-refractivity contribution in [3.8, 4) is 6.07 Å². The quantitative estimate of drug-likeness (QED) is 0.787. The molecule has 2 aromatic heterocycles. The first-order valence-electron chi connectivity index (χ1n) is 8.77. The van der Waals surface area contributed by atoms with Crippen LogP contribution in [-0.4, -0.2) is 47.0 Å². The molecule has 132 valence electrons. The molecule has 2 fully saturated rings. The number of pyridine rings is 1. The van der Waals surface area contributed by atoms with Crippen LogP contribution < -0.4 is 4.90 Å². The molecule has 0 spiro atoms. The summed E-state index contributed by atoms with van der Waals surface area (Å²) in [5.74, 6) is 1.58. The first kappa shape index (κ1) is 16.3. The number of amides is 1. The van der Waals surface area contributed by atoms with Gasteiger partial charge in [0, 0.05) is 50.6 Å². The molecule has 1 aliphatic carbocycles. The van der Waals surface area contributed by atoms with Crippen LogP contribution in [-0.2, 0) is 4.79 Å². The van der Waals surface area contributed by atoms with Crippen molar-refractivity contribution in [3.05, 3.63) is 47.8 Å². The number of piperazine rings is 1. The van der Waals surface area contributed by atoms with Gasteiger partial charge in [0.2, 0.25) is 23.4 Å². The van der Waals surface area contributed by atoms with Crippen LogP contribution in [0.25, 0.3) is 6.08 Å². The lowest BCUT2D eigenvalue weighted by molar-refractivity contribution is -0.126. The number of aromatic nitrogens is 2. The topological polar surface area (TPSA) is 86.3 Å². The molecule has 26 heavy (non-hydrogen) atoms. The highest BCUT2D eigenvalue weighted by Gasteiger charge is 2.32. The zero-order valence-corrected chi connectivity index (χ0v) is 14.3. The van der Waals surface area contributed by atoms with E-state index in [0.29, 0.717) is 49.6 Å². The van der Waals surface area contributed by atoms with Gasteiger partial charge in [-0.1, -0.05) is 0 Å². The summed E-state index contributed by atoms with van der Waals surface area (Å²) in [6.45, 7) is 2.43. The molecule has 3 heterocycles. The van der Waals surface area contributed by atoms with Crippen molar-refractivity contribution in [2.75, 3.05) is 31.1 Å². The maximum absolute atomic E-state index is 12.4. The molecular formula is C19H19N5O2. The lowest BCUT2D eigenvalue weighted by atomic mass is 10.2. The van der Waals surface area contributed by atoms with E-state index in [9.17, 15) is 10.1 Å². The van der Waals surface area contributed by atoms with E-state index in [1.54, 1.807) is 29.4 Å². The van der Waals surface area contributed by atoms with Crippen LogP contribution in [0.5, 0.6) is 0 Å². The predicted molar refractivity (Wildman–Crippen MR) is 95.3 cm³/mol. The Kier molecular flexibility index (Phi) is 4.40. The fraction of sp³-hybridized carbons (Fsp3) is 0.368. The van der Waals surface area contributed by atoms with Crippen molar-refractivity contribution in [2.24, 2.45) is 0 Å². The Bertz CT molecular complexity index is 856. The third kappa shape index (κ3) is 3.45. The smallest absolute Gasteiger partial charge is 0.246 e. The van der Waals surface area contributed by atoms with E-state index in [1.165, 1.54) is 0 Å². The summed E-state index contributed by atoms with van der Waals surface area (Å²) in [7, 11) is 0. The van der Waals surface area contributed by atoms with Gasteiger partial charge in [0.15, 0.2) is 0 Å². The Hall–Kier alpha value is -3.14. The summed E-state index contributed by atoms with van der Waals surface area (Å²) in [5.41, 5.74) is 1.30. The number of oxazole rings is 1. The van der Waals surface area contributed by atoms with E-state index in [2.05, 4.69) is 16.0 Å². The van der Waals surface area contributed by atoms with Crippen LogP contribution in [0.2, 0.25) is 0 Å². The molecule has 2 aromatic rings. The van der Waals surface area contributed by atoms with Gasteiger partial charge < -0.3 is 14.2 Å². The number of nitriles is 1. The normalized spacial score (nSPS) is 17.5. The molecule has 1 saturated carbocycles. The average molecular weight is 349 g/mol. The molecule has 4 rings (SSSR count). The van der Waals surface area contributed by atoms with E-state index in [4.69, 9.17) is 4.42 Å². The van der Waals surface area contributed by atoms with Gasteiger partial charge in [-0.15, -0.1) is 0 Å². The fourth-order valence-corrected chi connectivity index (χ4v) is 3.00. The highest BCUT2D eigenvalue weighted by molar-refractivity contribution is 5.91. The molecule has 0 unspecified atom stereocenters. The molecule has 2 aliphatic rings. The summed E-state index contributed by atoms with van der Waals surface area (Å²) >= 11 is 0. The number of carbonyl (C=O) groups excluding carboxylic acids is 1. The molecule has 1 saturated heterocycles. The SMILES string of the molecule is N#Cc1nc(C2CC2)oc1N1CCN(C(=O)C=Cc2ccncc2)CC1. The van der Waals surface area contributed by atoms with Crippen molar-refractivity contribution < 1.29 is 9.21 Å². The zero-order valence-electron chi connectivity index (χ0n) is 14.3. The molecule has 7 heteroatoms. The van der Waals surface area contributed by atoms with Crippen molar-refractivity contribution in [2.45, 2.75) is 18.8 Å². The standard InChI is InChI=1S/C19H19N5O2/c20-13-16-19(26-18(22-16)15-2-3-15)24-11-9-23(10-12-24)17(25)4-1-14-5-7-21-8-6-14/h1,4-8,15H,2-3,9-12H2. The highest BCUT2D eigenvalue weighted by Crippen LogP contribution is 2.41. The van der Waals surface area contributed by atoms with Crippen LogP contribution in [0, 0.1) is 11.3 Å². The third-order valence-corrected chi connectivity index (χ3v) is 4.66. The number of rotatable bonds is 4. The summed E-state index contributed by atoms with van der Waals surface area (Å²) < 4.78 is 5.84. The Labute approximate surface area is 151 Å². The molecule has 0 radical (unpaired) electrons. The van der Waals surface area contributed by atoms with Crippen LogP contribution in [0.3, 0.4) is 0 Å². The number of nitrogens with zero attached hydrogens (tertiary/aromatic N) is 5. The monoisotopic (exact) mass is 349 g/mol. The summed E-state index contributed by atoms with van der Waals surface area (Å²) in [4.78, 5) is 24.4. The number of carbonyl (C=O) groups is 1. The average Bonchev–Trinajstić information content (AvgIpc) is 3.46. The lowest BCUT2D eigenvalue weighted by Crippen LogP contribution is -2.48. The first-order valence-corrected chi connectivity index (χ1v) is 8.77. The molecule has 0 bridgehead atoms. The predicted octanol–water partition coefficient (Wildman–Crippen LogP) is 2.18. The Morgan fingerprint density at radius 3 is 2.62 bits per heavy atom. The second-order valence-electron chi connectivity index (χ2n) is 6.52. The molecule has 1 amide bonds. The number of hydrogen-bond donors (Lipinski definition) is 0. The second kappa shape index (κ2) is 7.00. The molecule has 0 aromatic carbocycles. The van der Waals surface area contributed by atoms with Crippen molar-refractivity contribution in [3.63, 3.8) is 0 Å². The van der Waals surface area contributed by atoms with Gasteiger partial charge in [0.25, 0.3) is 0 Å². The van der Waals surface area contributed by atoms with E-state index in [0.717, 1.165) is 18.4 Å². The van der Waals surface area contributed by atoms with Gasteiger partial charge in [-0.2, -0.15) is 5.26 Å². The molecule has 1 aliphatic heterocycles. The molecule has 7 nitrogen and oxygen atoms in total. The van der Waals surface area contributed by atoms with E-state index < -0.39 is 0 Å². The third-order valence-electron chi connectivity index (χ3n) is 4.66. The van der Waals surface area contributed by atoms with Crippen molar-refractivity contribution >= 4 is 17.9 Å². The van der Waals surface area contributed by atoms with Gasteiger partial charge >= 0.3 is 0 Å². The second-order valence-corrected chi connectivity index (χ2v) is 6.52. The van der Waals surface area contributed by atoms with E-state index in [-0.39, 0.29) is 5.91 Å². The van der Waals surface area contributed by atoms with Gasteiger partial charge in [0.05, 0.1) is 0 Å². The minimum Gasteiger partial charge on any atom is -0.423 e. The summed E-state index contributed by atoms with van der Waals surface area (Å²) in [5, 5.41) is 9.31. The Morgan fingerprint density at radius 2 is 1.96 bits per heavy atom. The molecular weight excluding hydrogens is 330 g/mol. The minimum atomic E-state index is -0.0155. The zero-order chi connectivity index (χ0) is 17.9. The lowest BCUT2D eigenvalue weighted by Gasteiger charge is -2.34. The van der Waals surface area contributed by atoms with Gasteiger partial charge in [-0.25, -0.2) is 4.98 Å². The van der Waals surface area contributed by atoms with Gasteiger partial charge in [-0.3, -0.25) is 9.78 Å². The Balaban J connectivity index is 1.37. The van der Waals surface area contributed by atoms with Crippen LogP contribution in [0.15, 0.2) is 35.0 Å². The minimum absolute atomic E-state index is 0.0155. The van der Waals surface area contributed by atoms with Crippen molar-refractivity contribution in [1.29, 1.82) is 5.26 Å². The summed E-state index contributed by atoms with van der Waals surface area (Å²) in [6, 6.07) is 5.83. The molecule has 0 atom stereocenters. The maximum Gasteiger partial charge on any atom is 0.246 e. The fourth-order valence-electron chi connectivity index (χ4n) is 3.00. The van der Waals surface area contributed by atoms with Crippen LogP contribution in [0.1, 0.15) is 35.9 Å². The number of hydrogen-bond acceptors (Lipinski definition) is 6. The van der Waals surface area contributed by atoms with Crippen molar-refractivity contribution in [1.82, 2.24) is 14.9 Å². The summed E-state index contributed by atoms with van der Waals surface area (Å²) in [6.07, 6.45) is 8.94. The van der Waals surface area contributed by atoms with E-state index >= 15 is 0 Å².